The predicted octanol–water partition coefficient (Wildman–Crippen LogP) is 1.32. The Hall–Kier alpha value is -1.23. The minimum absolute atomic E-state index is 0.0767. The Labute approximate surface area is 86.8 Å². The third-order valence-electron chi connectivity index (χ3n) is 1.70. The summed E-state index contributed by atoms with van der Waals surface area (Å²) in [4.78, 5) is 11.3. The van der Waals surface area contributed by atoms with Gasteiger partial charge in [-0.05, 0) is 13.8 Å². The molecule has 0 saturated carbocycles. The van der Waals surface area contributed by atoms with Gasteiger partial charge in [0.05, 0.1) is 6.61 Å². The van der Waals surface area contributed by atoms with Crippen LogP contribution in [0.25, 0.3) is 0 Å². The van der Waals surface area contributed by atoms with E-state index in [1.165, 1.54) is 4.68 Å². The Morgan fingerprint density at radius 1 is 1.64 bits per heavy atom. The largest absolute Gasteiger partial charge is 0.461 e. The molecule has 5 nitrogen and oxygen atoms in total. The molecule has 0 fully saturated rings. The van der Waals surface area contributed by atoms with Crippen LogP contribution in [0.4, 0.5) is 5.82 Å². The quantitative estimate of drug-likeness (QED) is 0.776. The molecule has 0 aromatic carbocycles. The number of nitrogens with two attached hydrogens (primary N) is 1. The maximum atomic E-state index is 11.3. The zero-order chi connectivity index (χ0) is 10.7. The molecular formula is C8H12ClN3O2. The normalized spacial score (nSPS) is 10.2. The van der Waals surface area contributed by atoms with Crippen molar-refractivity contribution in [1.82, 2.24) is 9.78 Å². The van der Waals surface area contributed by atoms with Gasteiger partial charge in [0.15, 0.2) is 5.69 Å². The zero-order valence-corrected chi connectivity index (χ0v) is 8.84. The van der Waals surface area contributed by atoms with Gasteiger partial charge >= 0.3 is 5.97 Å². The summed E-state index contributed by atoms with van der Waals surface area (Å²) in [7, 11) is 0. The fourth-order valence-electron chi connectivity index (χ4n) is 1.02. The van der Waals surface area contributed by atoms with Gasteiger partial charge in [0, 0.05) is 6.54 Å². The van der Waals surface area contributed by atoms with E-state index in [0.717, 1.165) is 0 Å². The van der Waals surface area contributed by atoms with E-state index in [4.69, 9.17) is 22.1 Å². The summed E-state index contributed by atoms with van der Waals surface area (Å²) < 4.78 is 6.22. The highest BCUT2D eigenvalue weighted by molar-refractivity contribution is 6.35. The minimum atomic E-state index is -0.545. The van der Waals surface area contributed by atoms with E-state index >= 15 is 0 Å². The molecule has 14 heavy (non-hydrogen) atoms. The van der Waals surface area contributed by atoms with E-state index < -0.39 is 5.97 Å². The summed E-state index contributed by atoms with van der Waals surface area (Å²) in [5.41, 5.74) is 5.69. The Morgan fingerprint density at radius 3 is 2.71 bits per heavy atom. The Balaban J connectivity index is 3.04. The highest BCUT2D eigenvalue weighted by atomic mass is 35.5. The molecule has 0 unspecified atom stereocenters. The molecule has 0 radical (unpaired) electrons. The van der Waals surface area contributed by atoms with Gasteiger partial charge in [-0.25, -0.2) is 9.48 Å². The topological polar surface area (TPSA) is 70.1 Å². The fraction of sp³-hybridized carbons (Fsp3) is 0.500. The van der Waals surface area contributed by atoms with Crippen LogP contribution in [0.1, 0.15) is 24.3 Å². The first-order valence-corrected chi connectivity index (χ1v) is 4.68. The highest BCUT2D eigenvalue weighted by Gasteiger charge is 2.20. The highest BCUT2D eigenvalue weighted by Crippen LogP contribution is 2.23. The number of nitrogens with zero attached hydrogens (tertiary/aromatic N) is 2. The fourth-order valence-corrected chi connectivity index (χ4v) is 1.24. The second kappa shape index (κ2) is 4.32. The van der Waals surface area contributed by atoms with Gasteiger partial charge in [-0.2, -0.15) is 5.10 Å². The van der Waals surface area contributed by atoms with Crippen molar-refractivity contribution in [2.45, 2.75) is 20.4 Å². The van der Waals surface area contributed by atoms with E-state index in [1.807, 2.05) is 6.92 Å². The monoisotopic (exact) mass is 217 g/mol. The van der Waals surface area contributed by atoms with E-state index in [9.17, 15) is 4.79 Å². The number of anilines is 1. The number of carbonyl (C=O) groups is 1. The lowest BCUT2D eigenvalue weighted by atomic mass is 10.4. The molecule has 1 heterocycles. The second-order valence-electron chi connectivity index (χ2n) is 2.58. The summed E-state index contributed by atoms with van der Waals surface area (Å²) in [6.45, 7) is 4.42. The molecule has 0 atom stereocenters. The smallest absolute Gasteiger partial charge is 0.360 e. The van der Waals surface area contributed by atoms with Crippen LogP contribution in [-0.4, -0.2) is 22.4 Å². The average molecular weight is 218 g/mol. The van der Waals surface area contributed by atoms with Crippen molar-refractivity contribution >= 4 is 23.4 Å². The first kappa shape index (κ1) is 10.8. The number of ether oxygens (including phenoxy) is 1. The van der Waals surface area contributed by atoms with Gasteiger partial charge < -0.3 is 10.5 Å². The van der Waals surface area contributed by atoms with E-state index in [2.05, 4.69) is 5.10 Å². The van der Waals surface area contributed by atoms with E-state index in [0.29, 0.717) is 6.54 Å². The van der Waals surface area contributed by atoms with E-state index in [1.54, 1.807) is 6.92 Å². The van der Waals surface area contributed by atoms with Crippen LogP contribution in [0.3, 0.4) is 0 Å². The summed E-state index contributed by atoms with van der Waals surface area (Å²) in [6, 6.07) is 0. The number of hydrogen-bond donors (Lipinski definition) is 1. The molecule has 1 rings (SSSR count). The molecule has 0 spiro atoms. The van der Waals surface area contributed by atoms with Crippen LogP contribution in [0.5, 0.6) is 0 Å². The summed E-state index contributed by atoms with van der Waals surface area (Å²) in [6.07, 6.45) is 0. The van der Waals surface area contributed by atoms with Crippen LogP contribution in [0.15, 0.2) is 0 Å². The van der Waals surface area contributed by atoms with Gasteiger partial charge in [-0.1, -0.05) is 11.6 Å². The van der Waals surface area contributed by atoms with Gasteiger partial charge in [0.2, 0.25) is 0 Å². The molecule has 6 heteroatoms. The van der Waals surface area contributed by atoms with Crippen molar-refractivity contribution < 1.29 is 9.53 Å². The summed E-state index contributed by atoms with van der Waals surface area (Å²) >= 11 is 5.81. The first-order chi connectivity index (χ1) is 6.61. The lowest BCUT2D eigenvalue weighted by Crippen LogP contribution is -2.07. The Kier molecular flexibility index (Phi) is 3.35. The number of aryl methyl sites for hydroxylation is 1. The van der Waals surface area contributed by atoms with Crippen molar-refractivity contribution in [3.63, 3.8) is 0 Å². The third kappa shape index (κ3) is 1.82. The average Bonchev–Trinajstić information content (AvgIpc) is 2.44. The second-order valence-corrected chi connectivity index (χ2v) is 2.96. The van der Waals surface area contributed by atoms with Crippen molar-refractivity contribution in [2.24, 2.45) is 0 Å². The maximum Gasteiger partial charge on any atom is 0.360 e. The lowest BCUT2D eigenvalue weighted by molar-refractivity contribution is 0.0518. The number of halogens is 1. The molecule has 1 aromatic heterocycles. The number of nitrogen functional groups attached to an aromatic ring is 1. The number of esters is 1. The van der Waals surface area contributed by atoms with Crippen LogP contribution in [0, 0.1) is 0 Å². The summed E-state index contributed by atoms with van der Waals surface area (Å²) in [5.74, 6) is -0.256. The lowest BCUT2D eigenvalue weighted by Gasteiger charge is -1.97. The molecule has 0 saturated heterocycles. The van der Waals surface area contributed by atoms with Crippen LogP contribution in [-0.2, 0) is 11.3 Å². The van der Waals surface area contributed by atoms with Gasteiger partial charge in [-0.15, -0.1) is 0 Å². The summed E-state index contributed by atoms with van der Waals surface area (Å²) in [5, 5.41) is 4.09. The van der Waals surface area contributed by atoms with Crippen LogP contribution < -0.4 is 5.73 Å². The number of aromatic nitrogens is 2. The number of hydrogen-bond acceptors (Lipinski definition) is 4. The van der Waals surface area contributed by atoms with Crippen molar-refractivity contribution in [3.8, 4) is 0 Å². The van der Waals surface area contributed by atoms with Crippen molar-refractivity contribution in [2.75, 3.05) is 12.3 Å². The number of carbonyl (C=O) groups excluding carboxylic acids is 1. The molecule has 0 aliphatic rings. The maximum absolute atomic E-state index is 11.3. The van der Waals surface area contributed by atoms with Gasteiger partial charge in [0.25, 0.3) is 0 Å². The van der Waals surface area contributed by atoms with E-state index in [-0.39, 0.29) is 23.1 Å². The molecule has 0 aliphatic carbocycles. The molecular weight excluding hydrogens is 206 g/mol. The molecule has 0 amide bonds. The van der Waals surface area contributed by atoms with Gasteiger partial charge in [-0.3, -0.25) is 0 Å². The van der Waals surface area contributed by atoms with Crippen LogP contribution in [0.2, 0.25) is 5.02 Å². The van der Waals surface area contributed by atoms with Crippen LogP contribution >= 0.6 is 11.6 Å². The number of rotatable bonds is 3. The predicted molar refractivity (Wildman–Crippen MR) is 53.3 cm³/mol. The van der Waals surface area contributed by atoms with Crippen molar-refractivity contribution in [3.05, 3.63) is 10.7 Å². The van der Waals surface area contributed by atoms with Gasteiger partial charge in [0.1, 0.15) is 10.8 Å². The molecule has 78 valence electrons. The van der Waals surface area contributed by atoms with Crippen molar-refractivity contribution in [1.29, 1.82) is 0 Å². The third-order valence-corrected chi connectivity index (χ3v) is 2.07. The molecule has 0 bridgehead atoms. The molecule has 0 aliphatic heterocycles. The first-order valence-electron chi connectivity index (χ1n) is 4.30. The molecule has 2 N–H and O–H groups in total. The Bertz CT molecular complexity index is 349. The SMILES string of the molecule is CCOC(=O)c1nn(CC)c(N)c1Cl. The minimum Gasteiger partial charge on any atom is -0.461 e. The molecule has 1 aromatic rings. The standard InChI is InChI=1S/C8H12ClN3O2/c1-3-12-7(10)5(9)6(11-12)8(13)14-4-2/h3-4,10H2,1-2H3. The zero-order valence-electron chi connectivity index (χ0n) is 8.08. The Morgan fingerprint density at radius 2 is 2.29 bits per heavy atom.